The molecule has 7 nitrogen and oxygen atoms in total. The van der Waals surface area contributed by atoms with Gasteiger partial charge in [0.1, 0.15) is 6.54 Å². The van der Waals surface area contributed by atoms with Crippen LogP contribution >= 0.6 is 0 Å². The molecule has 0 atom stereocenters. The topological polar surface area (TPSA) is 95.4 Å². The third-order valence-corrected chi connectivity index (χ3v) is 3.49. The van der Waals surface area contributed by atoms with Gasteiger partial charge in [-0.05, 0) is 26.0 Å². The van der Waals surface area contributed by atoms with Crippen LogP contribution in [0.5, 0.6) is 0 Å². The van der Waals surface area contributed by atoms with Crippen molar-refractivity contribution in [1.82, 2.24) is 14.5 Å². The lowest BCUT2D eigenvalue weighted by molar-refractivity contribution is -0.139. The molecular weight excluding hydrogens is 286 g/mol. The van der Waals surface area contributed by atoms with Crippen LogP contribution in [0.2, 0.25) is 0 Å². The number of H-pyrrole nitrogens is 1. The summed E-state index contributed by atoms with van der Waals surface area (Å²) in [7, 11) is 0. The Morgan fingerprint density at radius 3 is 2.64 bits per heavy atom. The summed E-state index contributed by atoms with van der Waals surface area (Å²) < 4.78 is 1.37. The lowest BCUT2D eigenvalue weighted by Gasteiger charge is -2.26. The van der Waals surface area contributed by atoms with Gasteiger partial charge in [0.2, 0.25) is 5.91 Å². The first-order chi connectivity index (χ1) is 10.4. The highest BCUT2D eigenvalue weighted by Crippen LogP contribution is 2.10. The molecule has 0 saturated carbocycles. The standard InChI is InChI=1S/C15H19N3O4/c1-10(2)17(8-7-14(20)21)13(19)9-18-12-6-4-3-5-11(12)16-15(18)22/h3-6,10H,7-9H2,1-2H3,(H,16,22)(H,20,21). The van der Waals surface area contributed by atoms with Gasteiger partial charge in [0.15, 0.2) is 0 Å². The van der Waals surface area contributed by atoms with Crippen molar-refractivity contribution in [3.8, 4) is 0 Å². The highest BCUT2D eigenvalue weighted by molar-refractivity contribution is 5.81. The van der Waals surface area contributed by atoms with Crippen molar-refractivity contribution in [2.45, 2.75) is 32.9 Å². The van der Waals surface area contributed by atoms with Crippen molar-refractivity contribution in [2.75, 3.05) is 6.54 Å². The largest absolute Gasteiger partial charge is 0.481 e. The predicted molar refractivity (Wildman–Crippen MR) is 81.7 cm³/mol. The zero-order chi connectivity index (χ0) is 16.3. The molecule has 0 spiro atoms. The van der Waals surface area contributed by atoms with Crippen LogP contribution in [0.4, 0.5) is 0 Å². The van der Waals surface area contributed by atoms with Crippen LogP contribution in [0.15, 0.2) is 29.1 Å². The number of carbonyl (C=O) groups is 2. The Balaban J connectivity index is 2.23. The van der Waals surface area contributed by atoms with Gasteiger partial charge in [-0.15, -0.1) is 0 Å². The molecule has 0 bridgehead atoms. The Hall–Kier alpha value is -2.57. The van der Waals surface area contributed by atoms with E-state index in [0.29, 0.717) is 11.0 Å². The Labute approximate surface area is 127 Å². The summed E-state index contributed by atoms with van der Waals surface area (Å²) >= 11 is 0. The fourth-order valence-corrected chi connectivity index (χ4v) is 2.38. The van der Waals surface area contributed by atoms with Gasteiger partial charge >= 0.3 is 11.7 Å². The van der Waals surface area contributed by atoms with Gasteiger partial charge in [-0.25, -0.2) is 4.79 Å². The first-order valence-corrected chi connectivity index (χ1v) is 7.09. The smallest absolute Gasteiger partial charge is 0.326 e. The van der Waals surface area contributed by atoms with Crippen molar-refractivity contribution in [3.05, 3.63) is 34.7 Å². The predicted octanol–water partition coefficient (Wildman–Crippen LogP) is 1.04. The number of carboxylic acid groups (broad SMARTS) is 1. The summed E-state index contributed by atoms with van der Waals surface area (Å²) in [6.07, 6.45) is -0.118. The Morgan fingerprint density at radius 2 is 2.00 bits per heavy atom. The third-order valence-electron chi connectivity index (χ3n) is 3.49. The highest BCUT2D eigenvalue weighted by atomic mass is 16.4. The Bertz CT molecular complexity index is 745. The molecule has 2 aromatic rings. The Morgan fingerprint density at radius 1 is 1.32 bits per heavy atom. The highest BCUT2D eigenvalue weighted by Gasteiger charge is 2.20. The van der Waals surface area contributed by atoms with Gasteiger partial charge in [0, 0.05) is 12.6 Å². The van der Waals surface area contributed by atoms with E-state index < -0.39 is 5.97 Å². The number of benzene rings is 1. The molecule has 0 aliphatic carbocycles. The minimum absolute atomic E-state index is 0.110. The molecule has 0 fully saturated rings. The van der Waals surface area contributed by atoms with E-state index >= 15 is 0 Å². The fourth-order valence-electron chi connectivity index (χ4n) is 2.38. The molecule has 118 valence electrons. The van der Waals surface area contributed by atoms with Gasteiger partial charge in [-0.1, -0.05) is 12.1 Å². The molecule has 0 radical (unpaired) electrons. The molecule has 0 aliphatic rings. The van der Waals surface area contributed by atoms with Crippen molar-refractivity contribution in [2.24, 2.45) is 0 Å². The van der Waals surface area contributed by atoms with E-state index in [1.54, 1.807) is 24.3 Å². The number of carboxylic acids is 1. The quantitative estimate of drug-likeness (QED) is 0.833. The van der Waals surface area contributed by atoms with Gasteiger partial charge < -0.3 is 15.0 Å². The third kappa shape index (κ3) is 3.36. The molecular formula is C15H19N3O4. The summed E-state index contributed by atoms with van der Waals surface area (Å²) in [6.45, 7) is 3.65. The number of nitrogens with zero attached hydrogens (tertiary/aromatic N) is 2. The van der Waals surface area contributed by atoms with Gasteiger partial charge in [0.25, 0.3) is 0 Å². The summed E-state index contributed by atoms with van der Waals surface area (Å²) in [6, 6.07) is 6.99. The molecule has 1 amide bonds. The minimum Gasteiger partial charge on any atom is -0.481 e. The molecule has 1 aromatic heterocycles. The number of aliphatic carboxylic acids is 1. The van der Waals surface area contributed by atoms with Crippen LogP contribution in [0.3, 0.4) is 0 Å². The molecule has 2 N–H and O–H groups in total. The van der Waals surface area contributed by atoms with E-state index in [9.17, 15) is 14.4 Å². The minimum atomic E-state index is -0.956. The molecule has 22 heavy (non-hydrogen) atoms. The van der Waals surface area contributed by atoms with Gasteiger partial charge in [-0.3, -0.25) is 14.2 Å². The van der Waals surface area contributed by atoms with E-state index in [4.69, 9.17) is 5.11 Å². The first-order valence-electron chi connectivity index (χ1n) is 7.09. The van der Waals surface area contributed by atoms with Crippen LogP contribution in [0.25, 0.3) is 11.0 Å². The maximum absolute atomic E-state index is 12.4. The number of para-hydroxylation sites is 2. The average Bonchev–Trinajstić information content (AvgIpc) is 2.75. The second-order valence-corrected chi connectivity index (χ2v) is 5.36. The molecule has 0 aliphatic heterocycles. The van der Waals surface area contributed by atoms with Crippen LogP contribution in [-0.2, 0) is 16.1 Å². The van der Waals surface area contributed by atoms with Crippen LogP contribution in [0, 0.1) is 0 Å². The molecule has 2 rings (SSSR count). The number of fused-ring (bicyclic) bond motifs is 1. The zero-order valence-corrected chi connectivity index (χ0v) is 12.6. The number of aromatic amines is 1. The summed E-state index contributed by atoms with van der Waals surface area (Å²) in [5.41, 5.74) is 0.973. The Kier molecular flexibility index (Phi) is 4.65. The van der Waals surface area contributed by atoms with Gasteiger partial charge in [-0.2, -0.15) is 0 Å². The lowest BCUT2D eigenvalue weighted by Crippen LogP contribution is -2.41. The van der Waals surface area contributed by atoms with Crippen LogP contribution < -0.4 is 5.69 Å². The number of imidazole rings is 1. The fraction of sp³-hybridized carbons (Fsp3) is 0.400. The van der Waals surface area contributed by atoms with E-state index in [2.05, 4.69) is 4.98 Å². The molecule has 0 saturated heterocycles. The number of hydrogen-bond acceptors (Lipinski definition) is 3. The van der Waals surface area contributed by atoms with E-state index in [0.717, 1.165) is 0 Å². The molecule has 7 heteroatoms. The number of amides is 1. The second kappa shape index (κ2) is 6.46. The number of aromatic nitrogens is 2. The SMILES string of the molecule is CC(C)N(CCC(=O)O)C(=O)Cn1c(=O)[nH]c2ccccc21. The number of nitrogens with one attached hydrogen (secondary N) is 1. The number of hydrogen-bond donors (Lipinski definition) is 2. The summed E-state index contributed by atoms with van der Waals surface area (Å²) in [4.78, 5) is 39.3. The zero-order valence-electron chi connectivity index (χ0n) is 12.6. The normalized spacial score (nSPS) is 11.0. The maximum Gasteiger partial charge on any atom is 0.326 e. The summed E-state index contributed by atoms with van der Waals surface area (Å²) in [5.74, 6) is -1.23. The maximum atomic E-state index is 12.4. The molecule has 0 unspecified atom stereocenters. The van der Waals surface area contributed by atoms with E-state index in [1.165, 1.54) is 9.47 Å². The summed E-state index contributed by atoms with van der Waals surface area (Å²) in [5, 5.41) is 8.77. The van der Waals surface area contributed by atoms with Crippen LogP contribution in [0.1, 0.15) is 20.3 Å². The van der Waals surface area contributed by atoms with Crippen molar-refractivity contribution in [1.29, 1.82) is 0 Å². The average molecular weight is 305 g/mol. The van der Waals surface area contributed by atoms with E-state index in [1.807, 2.05) is 13.8 Å². The van der Waals surface area contributed by atoms with E-state index in [-0.39, 0.29) is 37.1 Å². The lowest BCUT2D eigenvalue weighted by atomic mass is 10.2. The van der Waals surface area contributed by atoms with Crippen LogP contribution in [-0.4, -0.2) is 44.0 Å². The van der Waals surface area contributed by atoms with Crippen molar-refractivity contribution < 1.29 is 14.7 Å². The number of carbonyl (C=O) groups excluding carboxylic acids is 1. The van der Waals surface area contributed by atoms with Crippen molar-refractivity contribution in [3.63, 3.8) is 0 Å². The molecule has 1 heterocycles. The first kappa shape index (κ1) is 15.8. The monoisotopic (exact) mass is 305 g/mol. The van der Waals surface area contributed by atoms with Crippen molar-refractivity contribution >= 4 is 22.9 Å². The van der Waals surface area contributed by atoms with Gasteiger partial charge in [0.05, 0.1) is 17.5 Å². The molecule has 1 aromatic carbocycles. The number of rotatable bonds is 6. The second-order valence-electron chi connectivity index (χ2n) is 5.36.